The quantitative estimate of drug-likeness (QED) is 0.769. The van der Waals surface area contributed by atoms with Crippen LogP contribution in [-0.4, -0.2) is 28.4 Å². The molecule has 88 valence electrons. The first-order valence-electron chi connectivity index (χ1n) is 5.69. The number of nitrogens with two attached hydrogens (primary N) is 1. The molecule has 0 aliphatic carbocycles. The second kappa shape index (κ2) is 3.85. The molecule has 2 atom stereocenters. The third-order valence-electron chi connectivity index (χ3n) is 3.34. The fourth-order valence-corrected chi connectivity index (χ4v) is 2.42. The van der Waals surface area contributed by atoms with Gasteiger partial charge in [-0.1, -0.05) is 6.07 Å². The van der Waals surface area contributed by atoms with Gasteiger partial charge < -0.3 is 15.5 Å². The Bertz CT molecular complexity index is 529. The Kier molecular flexibility index (Phi) is 2.33. The smallest absolute Gasteiger partial charge is 0.222 e. The molecule has 3 heterocycles. The van der Waals surface area contributed by atoms with Crippen LogP contribution in [0.1, 0.15) is 11.6 Å². The van der Waals surface area contributed by atoms with E-state index in [0.29, 0.717) is 6.54 Å². The molecule has 1 aliphatic heterocycles. The summed E-state index contributed by atoms with van der Waals surface area (Å²) >= 11 is 0. The number of hydrogen-bond donors (Lipinski definition) is 2. The van der Waals surface area contributed by atoms with E-state index in [2.05, 4.69) is 10.3 Å². The maximum absolute atomic E-state index is 11.3. The minimum Gasteiger partial charge on any atom is -0.369 e. The first kappa shape index (κ1) is 10.3. The fourth-order valence-electron chi connectivity index (χ4n) is 2.42. The molecule has 0 spiro atoms. The molecule has 0 bridgehead atoms. The van der Waals surface area contributed by atoms with Crippen molar-refractivity contribution in [3.63, 3.8) is 0 Å². The summed E-state index contributed by atoms with van der Waals surface area (Å²) in [5.74, 6) is -0.315. The van der Waals surface area contributed by atoms with Crippen molar-refractivity contribution in [3.05, 3.63) is 36.3 Å². The van der Waals surface area contributed by atoms with Crippen molar-refractivity contribution in [2.75, 3.05) is 13.1 Å². The average molecular weight is 230 g/mol. The number of carbonyl (C=O) groups excluding carboxylic acids is 1. The highest BCUT2D eigenvalue weighted by atomic mass is 16.1. The lowest BCUT2D eigenvalue weighted by atomic mass is 9.93. The Labute approximate surface area is 98.6 Å². The van der Waals surface area contributed by atoms with E-state index in [9.17, 15) is 4.79 Å². The number of imidazole rings is 1. The molecule has 1 amide bonds. The minimum atomic E-state index is -0.253. The molecule has 2 aromatic heterocycles. The van der Waals surface area contributed by atoms with E-state index in [4.69, 9.17) is 5.73 Å². The number of primary amides is 1. The molecule has 2 unspecified atom stereocenters. The topological polar surface area (TPSA) is 72.4 Å². The third kappa shape index (κ3) is 1.68. The molecule has 0 aromatic carbocycles. The van der Waals surface area contributed by atoms with Crippen LogP contribution >= 0.6 is 0 Å². The van der Waals surface area contributed by atoms with Crippen LogP contribution in [0, 0.1) is 5.92 Å². The summed E-state index contributed by atoms with van der Waals surface area (Å²) in [5, 5.41) is 3.20. The number of nitrogens with one attached hydrogen (secondary N) is 1. The number of fused-ring (bicyclic) bond motifs is 1. The van der Waals surface area contributed by atoms with Crippen molar-refractivity contribution in [1.29, 1.82) is 0 Å². The molecule has 3 N–H and O–H groups in total. The Hall–Kier alpha value is -1.88. The first-order valence-corrected chi connectivity index (χ1v) is 5.69. The molecule has 0 radical (unpaired) electrons. The SMILES string of the molecule is NC(=O)C1CNCC1c1cn2ccccc2n1. The van der Waals surface area contributed by atoms with Crippen LogP contribution < -0.4 is 11.1 Å². The lowest BCUT2D eigenvalue weighted by molar-refractivity contribution is -0.121. The monoisotopic (exact) mass is 230 g/mol. The number of aromatic nitrogens is 2. The van der Waals surface area contributed by atoms with Crippen LogP contribution in [-0.2, 0) is 4.79 Å². The molecule has 0 saturated carbocycles. The highest BCUT2D eigenvalue weighted by molar-refractivity contribution is 5.78. The van der Waals surface area contributed by atoms with Crippen molar-refractivity contribution in [2.24, 2.45) is 11.7 Å². The number of pyridine rings is 1. The lowest BCUT2D eigenvalue weighted by Crippen LogP contribution is -2.28. The van der Waals surface area contributed by atoms with Crippen molar-refractivity contribution >= 4 is 11.6 Å². The van der Waals surface area contributed by atoms with Crippen molar-refractivity contribution in [2.45, 2.75) is 5.92 Å². The summed E-state index contributed by atoms with van der Waals surface area (Å²) in [4.78, 5) is 15.9. The Morgan fingerprint density at radius 3 is 3.12 bits per heavy atom. The number of amides is 1. The summed E-state index contributed by atoms with van der Waals surface area (Å²) in [6.45, 7) is 1.41. The standard InChI is InChI=1S/C12H14N4O/c13-12(17)9-6-14-5-8(9)10-7-16-4-2-1-3-11(16)15-10/h1-4,7-9,14H,5-6H2,(H2,13,17). The maximum Gasteiger partial charge on any atom is 0.222 e. The maximum atomic E-state index is 11.3. The van der Waals surface area contributed by atoms with E-state index in [1.54, 1.807) is 0 Å². The average Bonchev–Trinajstić information content (AvgIpc) is 2.95. The van der Waals surface area contributed by atoms with Gasteiger partial charge in [-0.3, -0.25) is 4.79 Å². The summed E-state index contributed by atoms with van der Waals surface area (Å²) < 4.78 is 1.96. The minimum absolute atomic E-state index is 0.0902. The predicted octanol–water partition coefficient (Wildman–Crippen LogP) is 0.123. The lowest BCUT2D eigenvalue weighted by Gasteiger charge is -2.12. The van der Waals surface area contributed by atoms with E-state index in [-0.39, 0.29) is 17.7 Å². The van der Waals surface area contributed by atoms with Gasteiger partial charge in [0.1, 0.15) is 5.65 Å². The van der Waals surface area contributed by atoms with Gasteiger partial charge in [-0.2, -0.15) is 0 Å². The summed E-state index contributed by atoms with van der Waals surface area (Å²) in [5.41, 5.74) is 7.24. The highest BCUT2D eigenvalue weighted by Crippen LogP contribution is 2.27. The van der Waals surface area contributed by atoms with Gasteiger partial charge in [0.05, 0.1) is 11.6 Å². The molecule has 17 heavy (non-hydrogen) atoms. The second-order valence-electron chi connectivity index (χ2n) is 4.41. The van der Waals surface area contributed by atoms with Gasteiger partial charge in [-0.05, 0) is 12.1 Å². The fraction of sp³-hybridized carbons (Fsp3) is 0.333. The second-order valence-corrected chi connectivity index (χ2v) is 4.41. The van der Waals surface area contributed by atoms with Crippen LogP contribution in [0.4, 0.5) is 0 Å². The Morgan fingerprint density at radius 1 is 1.47 bits per heavy atom. The molecule has 1 aliphatic rings. The van der Waals surface area contributed by atoms with Crippen LogP contribution in [0.5, 0.6) is 0 Å². The number of nitrogens with zero attached hydrogens (tertiary/aromatic N) is 2. The van der Waals surface area contributed by atoms with Gasteiger partial charge in [0.2, 0.25) is 5.91 Å². The molecule has 1 saturated heterocycles. The van der Waals surface area contributed by atoms with Crippen LogP contribution in [0.15, 0.2) is 30.6 Å². The molecule has 1 fully saturated rings. The van der Waals surface area contributed by atoms with Gasteiger partial charge in [0.25, 0.3) is 0 Å². The van der Waals surface area contributed by atoms with Gasteiger partial charge in [-0.25, -0.2) is 4.98 Å². The predicted molar refractivity (Wildman–Crippen MR) is 63.5 cm³/mol. The molecule has 2 aromatic rings. The van der Waals surface area contributed by atoms with E-state index >= 15 is 0 Å². The van der Waals surface area contributed by atoms with Crippen molar-refractivity contribution < 1.29 is 4.79 Å². The zero-order valence-corrected chi connectivity index (χ0v) is 9.34. The Balaban J connectivity index is 2.00. The van der Waals surface area contributed by atoms with Crippen LogP contribution in [0.25, 0.3) is 5.65 Å². The molecule has 5 nitrogen and oxygen atoms in total. The number of rotatable bonds is 2. The van der Waals surface area contributed by atoms with Crippen LogP contribution in [0.3, 0.4) is 0 Å². The summed E-state index contributed by atoms with van der Waals surface area (Å²) in [7, 11) is 0. The van der Waals surface area contributed by atoms with Crippen molar-refractivity contribution in [1.82, 2.24) is 14.7 Å². The molecular formula is C12H14N4O. The van der Waals surface area contributed by atoms with E-state index in [1.165, 1.54) is 0 Å². The summed E-state index contributed by atoms with van der Waals surface area (Å²) in [6, 6.07) is 5.85. The molecular weight excluding hydrogens is 216 g/mol. The largest absolute Gasteiger partial charge is 0.369 e. The molecule has 5 heteroatoms. The van der Waals surface area contributed by atoms with Gasteiger partial charge in [0.15, 0.2) is 0 Å². The van der Waals surface area contributed by atoms with E-state index in [1.807, 2.05) is 35.0 Å². The van der Waals surface area contributed by atoms with Gasteiger partial charge in [0, 0.05) is 31.4 Å². The van der Waals surface area contributed by atoms with Crippen molar-refractivity contribution in [3.8, 4) is 0 Å². The highest BCUT2D eigenvalue weighted by Gasteiger charge is 2.34. The third-order valence-corrected chi connectivity index (χ3v) is 3.34. The zero-order valence-electron chi connectivity index (χ0n) is 9.34. The zero-order chi connectivity index (χ0) is 11.8. The van der Waals surface area contributed by atoms with Crippen LogP contribution in [0.2, 0.25) is 0 Å². The number of hydrogen-bond acceptors (Lipinski definition) is 3. The van der Waals surface area contributed by atoms with Gasteiger partial charge in [-0.15, -0.1) is 0 Å². The van der Waals surface area contributed by atoms with E-state index < -0.39 is 0 Å². The van der Waals surface area contributed by atoms with Gasteiger partial charge >= 0.3 is 0 Å². The van der Waals surface area contributed by atoms with E-state index in [0.717, 1.165) is 17.9 Å². The Morgan fingerprint density at radius 2 is 2.35 bits per heavy atom. The normalized spacial score (nSPS) is 24.2. The first-order chi connectivity index (χ1) is 8.25. The molecule has 3 rings (SSSR count). The number of carbonyl (C=O) groups is 1. The summed E-state index contributed by atoms with van der Waals surface area (Å²) in [6.07, 6.45) is 3.93.